The predicted octanol–water partition coefficient (Wildman–Crippen LogP) is 1.52. The van der Waals surface area contributed by atoms with Gasteiger partial charge in [0.05, 0.1) is 30.8 Å². The van der Waals surface area contributed by atoms with E-state index < -0.39 is 5.82 Å². The molecule has 6 nitrogen and oxygen atoms in total. The van der Waals surface area contributed by atoms with E-state index in [4.69, 9.17) is 4.74 Å². The van der Waals surface area contributed by atoms with Gasteiger partial charge in [-0.3, -0.25) is 4.79 Å². The van der Waals surface area contributed by atoms with E-state index in [0.717, 1.165) is 5.69 Å². The average Bonchev–Trinajstić information content (AvgIpc) is 2.93. The highest BCUT2D eigenvalue weighted by Crippen LogP contribution is 2.37. The van der Waals surface area contributed by atoms with Crippen LogP contribution >= 0.6 is 0 Å². The van der Waals surface area contributed by atoms with Crippen LogP contribution in [0.15, 0.2) is 24.7 Å². The van der Waals surface area contributed by atoms with Gasteiger partial charge in [0.15, 0.2) is 11.6 Å². The van der Waals surface area contributed by atoms with Gasteiger partial charge in [-0.2, -0.15) is 0 Å². The molecule has 2 heterocycles. The lowest BCUT2D eigenvalue weighted by Crippen LogP contribution is -2.32. The molecular weight excluding hydrogens is 263 g/mol. The fourth-order valence-electron chi connectivity index (χ4n) is 2.22. The van der Waals surface area contributed by atoms with Crippen molar-refractivity contribution < 1.29 is 13.9 Å². The van der Waals surface area contributed by atoms with Crippen molar-refractivity contribution in [2.45, 2.75) is 6.54 Å². The standard InChI is InChI=1S/C13H13FN4O2/c14-11-3-9(17-8-19)4-12-13(11)20-2-1-18(12)6-10-5-15-7-16-10/h3-5,7-8H,1-2,6H2,(H,15,16)(H,17,19). The van der Waals surface area contributed by atoms with Gasteiger partial charge in [0.2, 0.25) is 6.41 Å². The number of rotatable bonds is 4. The molecule has 0 atom stereocenters. The van der Waals surface area contributed by atoms with Crippen molar-refractivity contribution >= 4 is 17.8 Å². The lowest BCUT2D eigenvalue weighted by Gasteiger charge is -2.31. The van der Waals surface area contributed by atoms with Crippen LogP contribution in [-0.2, 0) is 11.3 Å². The zero-order valence-corrected chi connectivity index (χ0v) is 10.6. The van der Waals surface area contributed by atoms with Crippen molar-refractivity contribution in [2.24, 2.45) is 0 Å². The highest BCUT2D eigenvalue weighted by molar-refractivity contribution is 5.76. The zero-order chi connectivity index (χ0) is 13.9. The molecule has 0 fully saturated rings. The first kappa shape index (κ1) is 12.5. The Hall–Kier alpha value is -2.57. The number of amides is 1. The molecule has 20 heavy (non-hydrogen) atoms. The molecule has 2 aromatic rings. The molecule has 7 heteroatoms. The number of imidazole rings is 1. The summed E-state index contributed by atoms with van der Waals surface area (Å²) < 4.78 is 19.4. The summed E-state index contributed by atoms with van der Waals surface area (Å²) in [6, 6.07) is 2.93. The number of anilines is 2. The molecule has 1 aliphatic heterocycles. The second kappa shape index (κ2) is 5.20. The summed E-state index contributed by atoms with van der Waals surface area (Å²) in [6.45, 7) is 1.59. The number of ether oxygens (including phenoxy) is 1. The Kier molecular flexibility index (Phi) is 3.24. The highest BCUT2D eigenvalue weighted by atomic mass is 19.1. The lowest BCUT2D eigenvalue weighted by atomic mass is 10.2. The molecule has 0 unspecified atom stereocenters. The molecule has 1 aromatic heterocycles. The van der Waals surface area contributed by atoms with Crippen LogP contribution < -0.4 is 15.0 Å². The fourth-order valence-corrected chi connectivity index (χ4v) is 2.22. The van der Waals surface area contributed by atoms with E-state index in [-0.39, 0.29) is 5.75 Å². The van der Waals surface area contributed by atoms with E-state index in [0.29, 0.717) is 37.5 Å². The number of fused-ring (bicyclic) bond motifs is 1. The maximum absolute atomic E-state index is 14.0. The summed E-state index contributed by atoms with van der Waals surface area (Å²) in [4.78, 5) is 19.5. The zero-order valence-electron chi connectivity index (χ0n) is 10.6. The molecule has 1 amide bonds. The van der Waals surface area contributed by atoms with Gasteiger partial charge >= 0.3 is 0 Å². The molecule has 104 valence electrons. The number of hydrogen-bond donors (Lipinski definition) is 2. The third-order valence-corrected chi connectivity index (χ3v) is 3.11. The normalized spacial score (nSPS) is 13.6. The minimum absolute atomic E-state index is 0.211. The van der Waals surface area contributed by atoms with Gasteiger partial charge in [0.1, 0.15) is 6.61 Å². The Morgan fingerprint density at radius 3 is 3.20 bits per heavy atom. The number of benzene rings is 1. The molecule has 0 bridgehead atoms. The first-order valence-electron chi connectivity index (χ1n) is 6.17. The number of H-pyrrole nitrogens is 1. The number of nitrogens with one attached hydrogen (secondary N) is 2. The van der Waals surface area contributed by atoms with Gasteiger partial charge in [-0.1, -0.05) is 0 Å². The van der Waals surface area contributed by atoms with E-state index in [2.05, 4.69) is 15.3 Å². The molecule has 3 rings (SSSR count). The van der Waals surface area contributed by atoms with Crippen LogP contribution in [0.4, 0.5) is 15.8 Å². The molecule has 0 saturated heterocycles. The number of halogens is 1. The van der Waals surface area contributed by atoms with Gasteiger partial charge in [-0.15, -0.1) is 0 Å². The SMILES string of the molecule is O=CNc1cc(F)c2c(c1)N(Cc1c[nH]cn1)CCO2. The second-order valence-corrected chi connectivity index (χ2v) is 4.40. The summed E-state index contributed by atoms with van der Waals surface area (Å²) in [5.74, 6) is -0.276. The van der Waals surface area contributed by atoms with E-state index in [9.17, 15) is 9.18 Å². The monoisotopic (exact) mass is 276 g/mol. The minimum atomic E-state index is -0.487. The van der Waals surface area contributed by atoms with Crippen LogP contribution in [0, 0.1) is 5.82 Å². The van der Waals surface area contributed by atoms with Crippen LogP contribution in [0.1, 0.15) is 5.69 Å². The maximum atomic E-state index is 14.0. The number of carbonyl (C=O) groups is 1. The fraction of sp³-hybridized carbons (Fsp3) is 0.231. The molecule has 0 radical (unpaired) electrons. The number of nitrogens with zero attached hydrogens (tertiary/aromatic N) is 2. The largest absolute Gasteiger partial charge is 0.486 e. The highest BCUT2D eigenvalue weighted by Gasteiger charge is 2.23. The lowest BCUT2D eigenvalue weighted by molar-refractivity contribution is -0.105. The molecule has 0 saturated carbocycles. The number of carbonyl (C=O) groups excluding carboxylic acids is 1. The Bertz CT molecular complexity index is 615. The van der Waals surface area contributed by atoms with Crippen LogP contribution in [0.25, 0.3) is 0 Å². The van der Waals surface area contributed by atoms with Crippen LogP contribution in [0.5, 0.6) is 5.75 Å². The Balaban J connectivity index is 1.95. The summed E-state index contributed by atoms with van der Waals surface area (Å²) in [5.41, 5.74) is 1.87. The van der Waals surface area contributed by atoms with Crippen molar-refractivity contribution in [1.29, 1.82) is 0 Å². The summed E-state index contributed by atoms with van der Waals surface area (Å²) in [6.07, 6.45) is 3.91. The molecular formula is C13H13FN4O2. The van der Waals surface area contributed by atoms with Gasteiger partial charge in [0.25, 0.3) is 0 Å². The summed E-state index contributed by atoms with van der Waals surface area (Å²) >= 11 is 0. The minimum Gasteiger partial charge on any atom is -0.486 e. The van der Waals surface area contributed by atoms with Crippen LogP contribution in [-0.4, -0.2) is 29.5 Å². The van der Waals surface area contributed by atoms with Crippen LogP contribution in [0.2, 0.25) is 0 Å². The van der Waals surface area contributed by atoms with E-state index in [1.807, 2.05) is 4.90 Å². The number of hydrogen-bond acceptors (Lipinski definition) is 4. The molecule has 2 N–H and O–H groups in total. The first-order chi connectivity index (χ1) is 9.78. The predicted molar refractivity (Wildman–Crippen MR) is 71.2 cm³/mol. The van der Waals surface area contributed by atoms with Crippen LogP contribution in [0.3, 0.4) is 0 Å². The van der Waals surface area contributed by atoms with Gasteiger partial charge in [-0.05, 0) is 6.07 Å². The third-order valence-electron chi connectivity index (χ3n) is 3.11. The Morgan fingerprint density at radius 2 is 2.45 bits per heavy atom. The molecule has 0 aliphatic carbocycles. The average molecular weight is 276 g/mol. The topological polar surface area (TPSA) is 70.2 Å². The van der Waals surface area contributed by atoms with Crippen molar-refractivity contribution in [3.63, 3.8) is 0 Å². The van der Waals surface area contributed by atoms with E-state index in [1.54, 1.807) is 18.6 Å². The Morgan fingerprint density at radius 1 is 1.55 bits per heavy atom. The quantitative estimate of drug-likeness (QED) is 0.831. The molecule has 0 spiro atoms. The van der Waals surface area contributed by atoms with E-state index in [1.165, 1.54) is 6.07 Å². The van der Waals surface area contributed by atoms with E-state index >= 15 is 0 Å². The van der Waals surface area contributed by atoms with Crippen molar-refractivity contribution in [3.05, 3.63) is 36.2 Å². The van der Waals surface area contributed by atoms with Crippen molar-refractivity contribution in [2.75, 3.05) is 23.4 Å². The second-order valence-electron chi connectivity index (χ2n) is 4.40. The third kappa shape index (κ3) is 2.29. The van der Waals surface area contributed by atoms with Gasteiger partial charge in [0, 0.05) is 18.0 Å². The smallest absolute Gasteiger partial charge is 0.211 e. The molecule has 1 aliphatic rings. The number of aromatic nitrogens is 2. The number of aromatic amines is 1. The van der Waals surface area contributed by atoms with Crippen molar-refractivity contribution in [3.8, 4) is 5.75 Å². The summed E-state index contributed by atoms with van der Waals surface area (Å²) in [7, 11) is 0. The van der Waals surface area contributed by atoms with Gasteiger partial charge in [-0.25, -0.2) is 9.37 Å². The Labute approximate surface area is 114 Å². The molecule has 1 aromatic carbocycles. The first-order valence-corrected chi connectivity index (χ1v) is 6.17. The van der Waals surface area contributed by atoms with Gasteiger partial charge < -0.3 is 19.9 Å². The summed E-state index contributed by atoms with van der Waals surface area (Å²) in [5, 5.41) is 2.45. The van der Waals surface area contributed by atoms with Crippen molar-refractivity contribution in [1.82, 2.24) is 9.97 Å². The maximum Gasteiger partial charge on any atom is 0.211 e.